The predicted molar refractivity (Wildman–Crippen MR) is 146 cm³/mol. The largest absolute Gasteiger partial charge is 0.495 e. The molecule has 0 fully saturated rings. The molecule has 208 valence electrons. The number of sulfonamides is 1. The van der Waals surface area contributed by atoms with Gasteiger partial charge in [0, 0.05) is 16.3 Å². The van der Waals surface area contributed by atoms with Gasteiger partial charge in [0.1, 0.15) is 22.2 Å². The summed E-state index contributed by atoms with van der Waals surface area (Å²) in [5, 5.41) is 2.71. The Labute approximate surface area is 231 Å². The van der Waals surface area contributed by atoms with E-state index in [0.29, 0.717) is 0 Å². The molecule has 9 nitrogen and oxygen atoms in total. The van der Waals surface area contributed by atoms with Crippen molar-refractivity contribution >= 4 is 44.9 Å². The van der Waals surface area contributed by atoms with E-state index < -0.39 is 40.4 Å². The van der Waals surface area contributed by atoms with Gasteiger partial charge >= 0.3 is 5.97 Å². The topological polar surface area (TPSA) is 111 Å². The molecule has 12 heteroatoms. The summed E-state index contributed by atoms with van der Waals surface area (Å²) in [7, 11) is -3.06. The second-order valence-corrected chi connectivity index (χ2v) is 10.1. The lowest BCUT2D eigenvalue weighted by Gasteiger charge is -2.34. The average molecular weight is 579 g/mol. The van der Waals surface area contributed by atoms with Crippen molar-refractivity contribution in [3.63, 3.8) is 0 Å². The van der Waals surface area contributed by atoms with Gasteiger partial charge in [-0.05, 0) is 61.5 Å². The van der Waals surface area contributed by atoms with Crippen LogP contribution in [0.1, 0.15) is 31.1 Å². The molecular formula is C27H28ClFN2O7S. The number of ether oxygens (including phenoxy) is 3. The lowest BCUT2D eigenvalue weighted by atomic mass is 10.1. The van der Waals surface area contributed by atoms with Gasteiger partial charge in [-0.3, -0.25) is 9.10 Å². The van der Waals surface area contributed by atoms with Crippen molar-refractivity contribution in [2.45, 2.75) is 31.8 Å². The lowest BCUT2D eigenvalue weighted by molar-refractivity contribution is -0.151. The van der Waals surface area contributed by atoms with Crippen LogP contribution in [0.4, 0.5) is 15.8 Å². The molecule has 0 aliphatic carbocycles. The van der Waals surface area contributed by atoms with Crippen molar-refractivity contribution in [1.82, 2.24) is 0 Å². The number of nitrogens with zero attached hydrogens (tertiary/aromatic N) is 1. The number of methoxy groups -OCH3 is 1. The minimum absolute atomic E-state index is 0.00877. The number of nitrogens with one attached hydrogen (secondary N) is 1. The first-order chi connectivity index (χ1) is 18.6. The molecule has 1 aliphatic heterocycles. The minimum atomic E-state index is -4.37. The van der Waals surface area contributed by atoms with Gasteiger partial charge in [0.15, 0.2) is 0 Å². The number of benzene rings is 3. The van der Waals surface area contributed by atoms with E-state index in [0.717, 1.165) is 10.4 Å². The van der Waals surface area contributed by atoms with E-state index in [4.69, 9.17) is 25.8 Å². The molecule has 1 unspecified atom stereocenters. The summed E-state index contributed by atoms with van der Waals surface area (Å²) in [5.74, 6) is -1.83. The fourth-order valence-electron chi connectivity index (χ4n) is 3.72. The third-order valence-corrected chi connectivity index (χ3v) is 7.45. The van der Waals surface area contributed by atoms with Crippen LogP contribution in [0.2, 0.25) is 5.02 Å². The highest BCUT2D eigenvalue weighted by molar-refractivity contribution is 7.93. The third-order valence-electron chi connectivity index (χ3n) is 5.42. The Morgan fingerprint density at radius 3 is 2.54 bits per heavy atom. The van der Waals surface area contributed by atoms with E-state index in [1.807, 2.05) is 13.8 Å². The van der Waals surface area contributed by atoms with Crippen LogP contribution >= 0.6 is 11.6 Å². The van der Waals surface area contributed by atoms with Crippen LogP contribution in [-0.2, 0) is 19.6 Å². The smallest absolute Gasteiger partial charge is 0.349 e. The van der Waals surface area contributed by atoms with Crippen LogP contribution < -0.4 is 19.1 Å². The highest BCUT2D eigenvalue weighted by atomic mass is 35.5. The number of carbonyl (C=O) groups excluding carboxylic acids is 2. The Kier molecular flexibility index (Phi) is 9.76. The van der Waals surface area contributed by atoms with E-state index >= 15 is 0 Å². The Bertz CT molecular complexity index is 1470. The van der Waals surface area contributed by atoms with Crippen molar-refractivity contribution in [3.8, 4) is 11.5 Å². The van der Waals surface area contributed by atoms with E-state index in [1.165, 1.54) is 61.7 Å². The number of anilines is 2. The molecule has 4 rings (SSSR count). The molecule has 1 aliphatic rings. The van der Waals surface area contributed by atoms with Gasteiger partial charge in [0.05, 0.1) is 25.9 Å². The first kappa shape index (κ1) is 29.7. The molecule has 0 radical (unpaired) electrons. The van der Waals surface area contributed by atoms with Crippen LogP contribution in [-0.4, -0.2) is 46.7 Å². The fraction of sp³-hybridized carbons (Fsp3) is 0.259. The number of esters is 1. The zero-order valence-electron chi connectivity index (χ0n) is 21.7. The molecule has 1 N–H and O–H groups in total. The highest BCUT2D eigenvalue weighted by Crippen LogP contribution is 2.40. The first-order valence-electron chi connectivity index (χ1n) is 12.0. The summed E-state index contributed by atoms with van der Waals surface area (Å²) in [4.78, 5) is 25.1. The van der Waals surface area contributed by atoms with E-state index in [-0.39, 0.29) is 45.0 Å². The Morgan fingerprint density at radius 2 is 1.87 bits per heavy atom. The van der Waals surface area contributed by atoms with Crippen molar-refractivity contribution in [2.75, 3.05) is 29.9 Å². The van der Waals surface area contributed by atoms with Crippen molar-refractivity contribution in [1.29, 1.82) is 0 Å². The highest BCUT2D eigenvalue weighted by Gasteiger charge is 2.40. The number of rotatable bonds is 7. The van der Waals surface area contributed by atoms with E-state index in [9.17, 15) is 22.4 Å². The van der Waals surface area contributed by atoms with Crippen LogP contribution in [0, 0.1) is 5.82 Å². The molecular weight excluding hydrogens is 551 g/mol. The normalized spacial score (nSPS) is 14.2. The van der Waals surface area contributed by atoms with Crippen LogP contribution in [0.3, 0.4) is 0 Å². The predicted octanol–water partition coefficient (Wildman–Crippen LogP) is 5.29. The molecule has 1 amide bonds. The Hall–Kier alpha value is -3.83. The second kappa shape index (κ2) is 12.8. The minimum Gasteiger partial charge on any atom is -0.495 e. The third kappa shape index (κ3) is 6.61. The van der Waals surface area contributed by atoms with Gasteiger partial charge in [-0.15, -0.1) is 0 Å². The molecule has 3 aromatic carbocycles. The van der Waals surface area contributed by atoms with Gasteiger partial charge in [0.2, 0.25) is 6.10 Å². The number of fused-ring (bicyclic) bond motifs is 1. The van der Waals surface area contributed by atoms with E-state index in [2.05, 4.69) is 5.32 Å². The van der Waals surface area contributed by atoms with E-state index in [1.54, 1.807) is 6.92 Å². The Morgan fingerprint density at radius 1 is 1.13 bits per heavy atom. The number of halogens is 2. The summed E-state index contributed by atoms with van der Waals surface area (Å²) in [6.45, 7) is 5.25. The number of hydrogen-bond donors (Lipinski definition) is 1. The number of carbonyl (C=O) groups is 2. The molecule has 0 bridgehead atoms. The summed E-state index contributed by atoms with van der Waals surface area (Å²) >= 11 is 6.08. The maximum absolute atomic E-state index is 13.9. The van der Waals surface area contributed by atoms with Gasteiger partial charge in [-0.1, -0.05) is 31.5 Å². The monoisotopic (exact) mass is 578 g/mol. The maximum Gasteiger partial charge on any atom is 0.349 e. The first-order valence-corrected chi connectivity index (χ1v) is 13.9. The summed E-state index contributed by atoms with van der Waals surface area (Å²) < 4.78 is 58.2. The number of hydrogen-bond acceptors (Lipinski definition) is 7. The molecule has 0 spiro atoms. The summed E-state index contributed by atoms with van der Waals surface area (Å²) in [6.07, 6.45) is -1.26. The van der Waals surface area contributed by atoms with Crippen molar-refractivity contribution < 1.29 is 36.6 Å². The van der Waals surface area contributed by atoms with Gasteiger partial charge < -0.3 is 19.5 Å². The number of amides is 1. The van der Waals surface area contributed by atoms with Gasteiger partial charge in [0.25, 0.3) is 15.9 Å². The zero-order chi connectivity index (χ0) is 28.7. The summed E-state index contributed by atoms with van der Waals surface area (Å²) in [5.41, 5.74) is 0.295. The zero-order valence-corrected chi connectivity index (χ0v) is 23.3. The average Bonchev–Trinajstić information content (AvgIpc) is 2.93. The maximum atomic E-state index is 13.9. The molecule has 1 atom stereocenters. The quantitative estimate of drug-likeness (QED) is 0.379. The molecule has 0 saturated heterocycles. The van der Waals surface area contributed by atoms with Crippen LogP contribution in [0.25, 0.3) is 0 Å². The summed E-state index contributed by atoms with van der Waals surface area (Å²) in [6, 6.07) is 13.5. The second-order valence-electron chi connectivity index (χ2n) is 7.84. The van der Waals surface area contributed by atoms with Crippen molar-refractivity contribution in [2.24, 2.45) is 0 Å². The van der Waals surface area contributed by atoms with Crippen LogP contribution in [0.5, 0.6) is 11.5 Å². The molecule has 0 saturated carbocycles. The van der Waals surface area contributed by atoms with Gasteiger partial charge in [-0.25, -0.2) is 17.6 Å². The lowest BCUT2D eigenvalue weighted by Crippen LogP contribution is -2.47. The Balaban J connectivity index is 0.00000205. The molecule has 39 heavy (non-hydrogen) atoms. The van der Waals surface area contributed by atoms with Crippen LogP contribution in [0.15, 0.2) is 65.6 Å². The standard InChI is InChI=1S/C25H22ClFN2O7S.C2H6/c1-3-35-25(31)22-14-29(37(32,33)23-12-16(26)8-10-21(23)34-2)19-11-15(7-9-20(19)36-22)24(30)28-18-6-4-5-17(27)13-18;1-2/h4-13,22H,3,14H2,1-2H3,(H,28,30);1-2H3. The fourth-order valence-corrected chi connectivity index (χ4v) is 5.61. The molecule has 1 heterocycles. The van der Waals surface area contributed by atoms with Crippen molar-refractivity contribution in [3.05, 3.63) is 77.1 Å². The van der Waals surface area contributed by atoms with Gasteiger partial charge in [-0.2, -0.15) is 0 Å². The molecule has 3 aromatic rings. The SMILES string of the molecule is CC.CCOC(=O)C1CN(S(=O)(=O)c2cc(Cl)ccc2OC)c2cc(C(=O)Nc3cccc(F)c3)ccc2O1. The molecule has 0 aromatic heterocycles.